The highest BCUT2D eigenvalue weighted by Gasteiger charge is 2.20. The minimum atomic E-state index is 0.346. The number of anilines is 1. The van der Waals surface area contributed by atoms with Gasteiger partial charge in [0.1, 0.15) is 10.2 Å². The fourth-order valence-corrected chi connectivity index (χ4v) is 3.79. The molecule has 5 nitrogen and oxygen atoms in total. The summed E-state index contributed by atoms with van der Waals surface area (Å²) in [5.74, 6) is 0. The van der Waals surface area contributed by atoms with Crippen LogP contribution in [0.2, 0.25) is 5.15 Å². The van der Waals surface area contributed by atoms with Crippen LogP contribution in [-0.4, -0.2) is 40.8 Å². The van der Waals surface area contributed by atoms with E-state index in [4.69, 9.17) is 16.3 Å². The molecule has 0 N–H and O–H groups in total. The average Bonchev–Trinajstić information content (AvgIpc) is 2.98. The molecular formula is C16H15ClN4OS. The Bertz CT molecular complexity index is 853. The van der Waals surface area contributed by atoms with E-state index < -0.39 is 0 Å². The van der Waals surface area contributed by atoms with Crippen LogP contribution >= 0.6 is 22.9 Å². The standard InChI is InChI=1S/C16H15ClN4OS/c1-10-9-22-3-2-21(10)12-4-11(6-18-7-12)16-20-13-5-15(17)19-8-14(13)23-16/h4-8,10H,2-3,9H2,1H3/t10-/m1/s1. The number of rotatable bonds is 2. The Morgan fingerprint density at radius 1 is 1.30 bits per heavy atom. The van der Waals surface area contributed by atoms with Gasteiger partial charge in [0.25, 0.3) is 0 Å². The van der Waals surface area contributed by atoms with Gasteiger partial charge in [0.15, 0.2) is 0 Å². The number of morpholine rings is 1. The maximum Gasteiger partial charge on any atom is 0.131 e. The van der Waals surface area contributed by atoms with E-state index in [-0.39, 0.29) is 0 Å². The smallest absolute Gasteiger partial charge is 0.131 e. The zero-order chi connectivity index (χ0) is 15.8. The number of fused-ring (bicyclic) bond motifs is 1. The predicted octanol–water partition coefficient (Wildman–Crippen LogP) is 3.63. The molecule has 4 rings (SSSR count). The number of pyridine rings is 2. The van der Waals surface area contributed by atoms with Crippen LogP contribution in [0.4, 0.5) is 5.69 Å². The molecule has 1 fully saturated rings. The highest BCUT2D eigenvalue weighted by Crippen LogP contribution is 2.32. The fraction of sp³-hybridized carbons (Fsp3) is 0.312. The third-order valence-corrected chi connectivity index (χ3v) is 5.17. The lowest BCUT2D eigenvalue weighted by atomic mass is 10.2. The predicted molar refractivity (Wildman–Crippen MR) is 93.3 cm³/mol. The van der Waals surface area contributed by atoms with Gasteiger partial charge in [-0.2, -0.15) is 0 Å². The molecule has 4 heterocycles. The van der Waals surface area contributed by atoms with E-state index in [2.05, 4.69) is 32.8 Å². The molecule has 23 heavy (non-hydrogen) atoms. The van der Waals surface area contributed by atoms with Crippen LogP contribution in [0.1, 0.15) is 6.92 Å². The van der Waals surface area contributed by atoms with Gasteiger partial charge in [-0.3, -0.25) is 4.98 Å². The maximum atomic E-state index is 5.94. The Labute approximate surface area is 142 Å². The summed E-state index contributed by atoms with van der Waals surface area (Å²) in [6.07, 6.45) is 5.51. The van der Waals surface area contributed by atoms with Crippen molar-refractivity contribution in [3.05, 3.63) is 35.9 Å². The molecule has 3 aromatic rings. The van der Waals surface area contributed by atoms with Crippen LogP contribution in [-0.2, 0) is 4.74 Å². The van der Waals surface area contributed by atoms with Crippen LogP contribution in [0.25, 0.3) is 20.8 Å². The van der Waals surface area contributed by atoms with Gasteiger partial charge >= 0.3 is 0 Å². The van der Waals surface area contributed by atoms with Crippen molar-refractivity contribution in [3.8, 4) is 10.6 Å². The Balaban J connectivity index is 1.72. The highest BCUT2D eigenvalue weighted by molar-refractivity contribution is 7.21. The van der Waals surface area contributed by atoms with Crippen LogP contribution in [0.3, 0.4) is 0 Å². The van der Waals surface area contributed by atoms with Crippen molar-refractivity contribution in [2.75, 3.05) is 24.7 Å². The molecule has 7 heteroatoms. The second-order valence-electron chi connectivity index (χ2n) is 5.54. The number of ether oxygens (including phenoxy) is 1. The zero-order valence-corrected chi connectivity index (χ0v) is 14.1. The first kappa shape index (κ1) is 14.8. The van der Waals surface area contributed by atoms with E-state index in [1.807, 2.05) is 12.4 Å². The summed E-state index contributed by atoms with van der Waals surface area (Å²) in [5.41, 5.74) is 2.99. The molecule has 0 radical (unpaired) electrons. The molecule has 3 aromatic heterocycles. The normalized spacial score (nSPS) is 18.5. The van der Waals surface area contributed by atoms with Gasteiger partial charge in [0.2, 0.25) is 0 Å². The first-order valence-electron chi connectivity index (χ1n) is 7.42. The van der Waals surface area contributed by atoms with Crippen molar-refractivity contribution in [3.63, 3.8) is 0 Å². The van der Waals surface area contributed by atoms with Crippen LogP contribution in [0, 0.1) is 0 Å². The second kappa shape index (κ2) is 6.03. The van der Waals surface area contributed by atoms with Gasteiger partial charge in [-0.05, 0) is 13.0 Å². The van der Waals surface area contributed by atoms with Gasteiger partial charge in [-0.25, -0.2) is 9.97 Å². The van der Waals surface area contributed by atoms with E-state index in [1.165, 1.54) is 0 Å². The van der Waals surface area contributed by atoms with Gasteiger partial charge in [-0.15, -0.1) is 11.3 Å². The Hall–Kier alpha value is -1.76. The lowest BCUT2D eigenvalue weighted by Crippen LogP contribution is -2.43. The molecule has 1 atom stereocenters. The fourth-order valence-electron chi connectivity index (χ4n) is 2.75. The maximum absolute atomic E-state index is 5.94. The lowest BCUT2D eigenvalue weighted by Gasteiger charge is -2.35. The van der Waals surface area contributed by atoms with Crippen molar-refractivity contribution in [2.45, 2.75) is 13.0 Å². The SMILES string of the molecule is C[C@@H]1COCCN1c1cncc(-c2nc3cc(Cl)ncc3s2)c1. The molecule has 1 aliphatic rings. The molecule has 0 aliphatic carbocycles. The number of thiazole rings is 1. The van der Waals surface area contributed by atoms with Crippen molar-refractivity contribution >= 4 is 38.8 Å². The van der Waals surface area contributed by atoms with Crippen LogP contribution in [0.15, 0.2) is 30.7 Å². The monoisotopic (exact) mass is 346 g/mol. The summed E-state index contributed by atoms with van der Waals surface area (Å²) in [4.78, 5) is 15.5. The summed E-state index contributed by atoms with van der Waals surface area (Å²) in [6, 6.07) is 4.28. The third kappa shape index (κ3) is 2.89. The zero-order valence-electron chi connectivity index (χ0n) is 12.6. The molecule has 0 spiro atoms. The highest BCUT2D eigenvalue weighted by atomic mass is 35.5. The quantitative estimate of drug-likeness (QED) is 0.663. The van der Waals surface area contributed by atoms with Crippen LogP contribution in [0.5, 0.6) is 0 Å². The van der Waals surface area contributed by atoms with Crippen molar-refractivity contribution < 1.29 is 4.74 Å². The molecule has 0 unspecified atom stereocenters. The first-order valence-corrected chi connectivity index (χ1v) is 8.62. The largest absolute Gasteiger partial charge is 0.377 e. The Kier molecular flexibility index (Phi) is 3.88. The van der Waals surface area contributed by atoms with Crippen molar-refractivity contribution in [1.82, 2.24) is 15.0 Å². The number of hydrogen-bond acceptors (Lipinski definition) is 6. The minimum Gasteiger partial charge on any atom is -0.377 e. The summed E-state index contributed by atoms with van der Waals surface area (Å²) in [7, 11) is 0. The van der Waals surface area contributed by atoms with E-state index in [9.17, 15) is 0 Å². The molecule has 0 saturated carbocycles. The van der Waals surface area contributed by atoms with Gasteiger partial charge in [0.05, 0.1) is 35.3 Å². The molecule has 0 amide bonds. The second-order valence-corrected chi connectivity index (χ2v) is 6.96. The summed E-state index contributed by atoms with van der Waals surface area (Å²) < 4.78 is 6.53. The van der Waals surface area contributed by atoms with Gasteiger partial charge in [0, 0.05) is 36.6 Å². The minimum absolute atomic E-state index is 0.346. The molecule has 1 aliphatic heterocycles. The van der Waals surface area contributed by atoms with Crippen LogP contribution < -0.4 is 4.90 Å². The average molecular weight is 347 g/mol. The molecular weight excluding hydrogens is 332 g/mol. The van der Waals surface area contributed by atoms with E-state index in [0.29, 0.717) is 11.2 Å². The lowest BCUT2D eigenvalue weighted by molar-refractivity contribution is 0.0989. The number of halogens is 1. The van der Waals surface area contributed by atoms with Crippen molar-refractivity contribution in [1.29, 1.82) is 0 Å². The number of aromatic nitrogens is 3. The van der Waals surface area contributed by atoms with Gasteiger partial charge in [-0.1, -0.05) is 11.6 Å². The summed E-state index contributed by atoms with van der Waals surface area (Å²) in [5, 5.41) is 1.39. The number of hydrogen-bond donors (Lipinski definition) is 0. The molecule has 0 bridgehead atoms. The molecule has 1 saturated heterocycles. The topological polar surface area (TPSA) is 51.1 Å². The number of nitrogens with zero attached hydrogens (tertiary/aromatic N) is 4. The third-order valence-electron chi connectivity index (χ3n) is 3.91. The Morgan fingerprint density at radius 3 is 3.09 bits per heavy atom. The van der Waals surface area contributed by atoms with E-state index >= 15 is 0 Å². The van der Waals surface area contributed by atoms with E-state index in [1.54, 1.807) is 23.6 Å². The summed E-state index contributed by atoms with van der Waals surface area (Å²) in [6.45, 7) is 4.54. The van der Waals surface area contributed by atoms with E-state index in [0.717, 1.165) is 46.2 Å². The summed E-state index contributed by atoms with van der Waals surface area (Å²) >= 11 is 7.54. The van der Waals surface area contributed by atoms with Gasteiger partial charge < -0.3 is 9.64 Å². The molecule has 0 aromatic carbocycles. The Morgan fingerprint density at radius 2 is 2.22 bits per heavy atom. The first-order chi connectivity index (χ1) is 11.2. The molecule has 118 valence electrons. The van der Waals surface area contributed by atoms with Crippen molar-refractivity contribution in [2.24, 2.45) is 0 Å².